The molecule has 0 aromatic carbocycles. The highest BCUT2D eigenvalue weighted by molar-refractivity contribution is 5.17. The zero-order chi connectivity index (χ0) is 11.2. The van der Waals surface area contributed by atoms with Gasteiger partial charge in [-0.3, -0.25) is 0 Å². The van der Waals surface area contributed by atoms with E-state index in [1.54, 1.807) is 0 Å². The first kappa shape index (κ1) is 10.6. The van der Waals surface area contributed by atoms with Crippen LogP contribution in [0.2, 0.25) is 0 Å². The summed E-state index contributed by atoms with van der Waals surface area (Å²) in [7, 11) is 0. The van der Waals surface area contributed by atoms with Crippen molar-refractivity contribution in [2.75, 3.05) is 0 Å². The third-order valence-corrected chi connectivity index (χ3v) is 5.01. The van der Waals surface area contributed by atoms with Crippen LogP contribution >= 0.6 is 0 Å². The van der Waals surface area contributed by atoms with Crippen molar-refractivity contribution in [2.45, 2.75) is 56.8 Å². The van der Waals surface area contributed by atoms with Crippen molar-refractivity contribution >= 4 is 0 Å². The predicted octanol–water partition coefficient (Wildman–Crippen LogP) is 2.78. The Morgan fingerprint density at radius 3 is 2.88 bits per heavy atom. The molecule has 0 aromatic rings. The van der Waals surface area contributed by atoms with Gasteiger partial charge < -0.3 is 9.84 Å². The summed E-state index contributed by atoms with van der Waals surface area (Å²) in [6, 6.07) is 0. The minimum absolute atomic E-state index is 0.0245. The third-order valence-electron chi connectivity index (χ3n) is 5.01. The highest BCUT2D eigenvalue weighted by Crippen LogP contribution is 2.62. The maximum absolute atomic E-state index is 10.3. The van der Waals surface area contributed by atoms with Gasteiger partial charge in [0, 0.05) is 5.92 Å². The molecule has 1 saturated heterocycles. The maximum Gasteiger partial charge on any atom is 0.165 e. The molecule has 3 aliphatic rings. The number of aliphatic hydroxyl groups is 1. The Morgan fingerprint density at radius 2 is 2.06 bits per heavy atom. The second kappa shape index (κ2) is 3.46. The molecule has 2 heteroatoms. The van der Waals surface area contributed by atoms with E-state index < -0.39 is 6.29 Å². The molecule has 4 atom stereocenters. The first-order valence-corrected chi connectivity index (χ1v) is 6.46. The first-order chi connectivity index (χ1) is 7.73. The highest BCUT2D eigenvalue weighted by atomic mass is 16.6. The SMILES string of the molecule is C=C=C[C@@]12CCC[C@]3(CCCCC31)OC2O. The zero-order valence-corrected chi connectivity index (χ0v) is 9.74. The second-order valence-corrected chi connectivity index (χ2v) is 5.65. The Bertz CT molecular complexity index is 341. The number of aliphatic hydroxyl groups excluding tert-OH is 1. The van der Waals surface area contributed by atoms with Crippen molar-refractivity contribution in [1.29, 1.82) is 0 Å². The van der Waals surface area contributed by atoms with Gasteiger partial charge in [-0.2, -0.15) is 0 Å². The summed E-state index contributed by atoms with van der Waals surface area (Å²) in [5.41, 5.74) is 2.70. The molecule has 16 heavy (non-hydrogen) atoms. The van der Waals surface area contributed by atoms with Gasteiger partial charge >= 0.3 is 0 Å². The zero-order valence-electron chi connectivity index (χ0n) is 9.74. The molecule has 0 amide bonds. The van der Waals surface area contributed by atoms with Crippen LogP contribution in [0.4, 0.5) is 0 Å². The number of ether oxygens (including phenoxy) is 1. The van der Waals surface area contributed by atoms with Gasteiger partial charge in [0.1, 0.15) is 0 Å². The smallest absolute Gasteiger partial charge is 0.165 e. The monoisotopic (exact) mass is 220 g/mol. The Hall–Kier alpha value is -0.560. The molecule has 2 saturated carbocycles. The molecule has 2 bridgehead atoms. The summed E-state index contributed by atoms with van der Waals surface area (Å²) in [5.74, 6) is 0.492. The van der Waals surface area contributed by atoms with Gasteiger partial charge in [0.15, 0.2) is 6.29 Å². The van der Waals surface area contributed by atoms with Crippen molar-refractivity contribution in [1.82, 2.24) is 0 Å². The molecular formula is C14H20O2. The van der Waals surface area contributed by atoms with Gasteiger partial charge in [-0.15, -0.1) is 5.73 Å². The van der Waals surface area contributed by atoms with E-state index in [9.17, 15) is 5.11 Å². The molecule has 0 radical (unpaired) electrons. The number of hydrogen-bond donors (Lipinski definition) is 1. The Balaban J connectivity index is 2.06. The Morgan fingerprint density at radius 1 is 1.25 bits per heavy atom. The molecule has 1 N–H and O–H groups in total. The van der Waals surface area contributed by atoms with Crippen LogP contribution in [0.5, 0.6) is 0 Å². The van der Waals surface area contributed by atoms with Crippen molar-refractivity contribution in [2.24, 2.45) is 11.3 Å². The molecule has 2 aliphatic carbocycles. The summed E-state index contributed by atoms with van der Waals surface area (Å²) in [5, 5.41) is 10.3. The molecule has 2 nitrogen and oxygen atoms in total. The van der Waals surface area contributed by atoms with Crippen molar-refractivity contribution in [3.8, 4) is 0 Å². The van der Waals surface area contributed by atoms with Crippen LogP contribution in [-0.2, 0) is 4.74 Å². The summed E-state index contributed by atoms with van der Waals surface area (Å²) >= 11 is 0. The molecule has 0 spiro atoms. The van der Waals surface area contributed by atoms with E-state index >= 15 is 0 Å². The van der Waals surface area contributed by atoms with Crippen molar-refractivity contribution in [3.63, 3.8) is 0 Å². The minimum Gasteiger partial charge on any atom is -0.367 e. The summed E-state index contributed by atoms with van der Waals surface area (Å²) in [6.07, 6.45) is 9.51. The summed E-state index contributed by atoms with van der Waals surface area (Å²) in [6.45, 7) is 3.69. The molecular weight excluding hydrogens is 200 g/mol. The van der Waals surface area contributed by atoms with Gasteiger partial charge in [-0.05, 0) is 38.2 Å². The van der Waals surface area contributed by atoms with E-state index in [1.807, 2.05) is 6.08 Å². The summed E-state index contributed by atoms with van der Waals surface area (Å²) in [4.78, 5) is 0. The Kier molecular flexibility index (Phi) is 2.29. The fourth-order valence-electron chi connectivity index (χ4n) is 4.40. The fourth-order valence-corrected chi connectivity index (χ4v) is 4.40. The van der Waals surface area contributed by atoms with E-state index in [0.717, 1.165) is 25.7 Å². The normalized spacial score (nSPS) is 50.6. The van der Waals surface area contributed by atoms with Gasteiger partial charge in [0.05, 0.1) is 11.0 Å². The van der Waals surface area contributed by atoms with E-state index in [0.29, 0.717) is 5.92 Å². The van der Waals surface area contributed by atoms with E-state index in [-0.39, 0.29) is 11.0 Å². The van der Waals surface area contributed by atoms with Gasteiger partial charge in [-0.1, -0.05) is 19.4 Å². The lowest BCUT2D eigenvalue weighted by Gasteiger charge is -2.46. The lowest BCUT2D eigenvalue weighted by Crippen LogP contribution is -2.46. The second-order valence-electron chi connectivity index (χ2n) is 5.65. The molecule has 3 fully saturated rings. The molecule has 0 aromatic heterocycles. The Labute approximate surface area is 97.0 Å². The lowest BCUT2D eigenvalue weighted by atomic mass is 9.57. The first-order valence-electron chi connectivity index (χ1n) is 6.46. The van der Waals surface area contributed by atoms with E-state index in [2.05, 4.69) is 12.3 Å². The van der Waals surface area contributed by atoms with Crippen LogP contribution < -0.4 is 0 Å². The predicted molar refractivity (Wildman–Crippen MR) is 61.8 cm³/mol. The van der Waals surface area contributed by atoms with Crippen LogP contribution in [0.1, 0.15) is 44.9 Å². The van der Waals surface area contributed by atoms with Crippen LogP contribution in [0.25, 0.3) is 0 Å². The molecule has 1 aliphatic heterocycles. The van der Waals surface area contributed by atoms with E-state index in [4.69, 9.17) is 4.74 Å². The van der Waals surface area contributed by atoms with E-state index in [1.165, 1.54) is 19.3 Å². The standard InChI is InChI=1S/C14H20O2/c1-2-7-13-8-5-10-14(16-12(13)15)9-4-3-6-11(13)14/h7,11-12,15H,1,3-6,8-10H2/t11?,12?,13-,14+/m1/s1. The average Bonchev–Trinajstić information content (AvgIpc) is 2.42. The van der Waals surface area contributed by atoms with Crippen LogP contribution in [0.15, 0.2) is 18.4 Å². The number of rotatable bonds is 1. The van der Waals surface area contributed by atoms with Crippen LogP contribution in [0, 0.1) is 11.3 Å². The quantitative estimate of drug-likeness (QED) is 0.688. The fraction of sp³-hybridized carbons (Fsp3) is 0.786. The van der Waals surface area contributed by atoms with Crippen LogP contribution in [0.3, 0.4) is 0 Å². The minimum atomic E-state index is -0.632. The average molecular weight is 220 g/mol. The highest BCUT2D eigenvalue weighted by Gasteiger charge is 2.64. The maximum atomic E-state index is 10.3. The topological polar surface area (TPSA) is 29.5 Å². The van der Waals surface area contributed by atoms with Crippen molar-refractivity contribution < 1.29 is 9.84 Å². The molecule has 88 valence electrons. The summed E-state index contributed by atoms with van der Waals surface area (Å²) < 4.78 is 5.99. The van der Waals surface area contributed by atoms with Crippen LogP contribution in [-0.4, -0.2) is 17.0 Å². The molecule has 3 rings (SSSR count). The molecule has 1 heterocycles. The largest absolute Gasteiger partial charge is 0.367 e. The number of hydrogen-bond acceptors (Lipinski definition) is 2. The third kappa shape index (κ3) is 1.15. The van der Waals surface area contributed by atoms with Gasteiger partial charge in [-0.25, -0.2) is 0 Å². The lowest BCUT2D eigenvalue weighted by molar-refractivity contribution is -0.158. The van der Waals surface area contributed by atoms with Crippen molar-refractivity contribution in [3.05, 3.63) is 18.4 Å². The van der Waals surface area contributed by atoms with Gasteiger partial charge in [0.2, 0.25) is 0 Å². The molecule has 2 unspecified atom stereocenters. The van der Waals surface area contributed by atoms with Gasteiger partial charge in [0.25, 0.3) is 0 Å².